The van der Waals surface area contributed by atoms with Gasteiger partial charge in [-0.2, -0.15) is 0 Å². The number of aryl methyl sites for hydroxylation is 1. The fraction of sp³-hybridized carbons (Fsp3) is 0.400. The Morgan fingerprint density at radius 2 is 2.10 bits per heavy atom. The molecule has 2 rings (SSSR count). The van der Waals surface area contributed by atoms with Gasteiger partial charge in [-0.3, -0.25) is 0 Å². The highest BCUT2D eigenvalue weighted by atomic mass is 79.9. The molecule has 0 amide bonds. The third-order valence-corrected chi connectivity index (χ3v) is 3.79. The molecule has 0 saturated heterocycles. The van der Waals surface area contributed by atoms with E-state index in [0.717, 1.165) is 15.4 Å². The summed E-state index contributed by atoms with van der Waals surface area (Å²) in [5, 5.41) is 0.863. The molecule has 0 unspecified atom stereocenters. The summed E-state index contributed by atoms with van der Waals surface area (Å²) in [4.78, 5) is 14.0. The monoisotopic (exact) mass is 355 g/mol. The molecule has 0 fully saturated rings. The van der Waals surface area contributed by atoms with Crippen LogP contribution < -0.4 is 4.74 Å². The minimum atomic E-state index is -0.444. The molecule has 1 aromatic heterocycles. The number of furan rings is 1. The van der Waals surface area contributed by atoms with Crippen LogP contribution in [-0.2, 0) is 4.74 Å². The van der Waals surface area contributed by atoms with Gasteiger partial charge >= 0.3 is 5.97 Å². The highest BCUT2D eigenvalue weighted by molar-refractivity contribution is 9.10. The maximum atomic E-state index is 12.1. The van der Waals surface area contributed by atoms with E-state index >= 15 is 0 Å². The molecule has 0 aliphatic heterocycles. The number of ether oxygens (including phenoxy) is 2. The van der Waals surface area contributed by atoms with E-state index in [1.807, 2.05) is 32.0 Å². The molecule has 0 radical (unpaired) electrons. The maximum absolute atomic E-state index is 12.1. The predicted molar refractivity (Wildman–Crippen MR) is 84.0 cm³/mol. The van der Waals surface area contributed by atoms with Gasteiger partial charge in [-0.15, -0.1) is 0 Å². The number of methoxy groups -OCH3 is 1. The molecular formula is C15H18BrNO4. The van der Waals surface area contributed by atoms with Crippen LogP contribution in [0.1, 0.15) is 16.1 Å². The smallest absolute Gasteiger partial charge is 0.374 e. The van der Waals surface area contributed by atoms with Crippen molar-refractivity contribution >= 4 is 32.9 Å². The normalized spacial score (nSPS) is 11.1. The summed E-state index contributed by atoms with van der Waals surface area (Å²) in [6.45, 7) is 2.84. The third kappa shape index (κ3) is 3.39. The Hall–Kier alpha value is -1.53. The van der Waals surface area contributed by atoms with Crippen LogP contribution in [0.25, 0.3) is 11.0 Å². The van der Waals surface area contributed by atoms with Crippen molar-refractivity contribution in [2.75, 3.05) is 34.4 Å². The van der Waals surface area contributed by atoms with E-state index in [1.54, 1.807) is 13.2 Å². The molecule has 2 aromatic rings. The SMILES string of the molecule is COc1cc2oc(C(=O)OCCN(C)C)c(C)c2cc1Br. The number of hydrogen-bond acceptors (Lipinski definition) is 5. The zero-order valence-corrected chi connectivity index (χ0v) is 14.1. The number of fused-ring (bicyclic) bond motifs is 1. The van der Waals surface area contributed by atoms with Gasteiger partial charge in [0.1, 0.15) is 17.9 Å². The molecule has 5 nitrogen and oxygen atoms in total. The number of nitrogens with zero attached hydrogens (tertiary/aromatic N) is 1. The van der Waals surface area contributed by atoms with Gasteiger partial charge in [-0.1, -0.05) is 0 Å². The number of rotatable bonds is 5. The predicted octanol–water partition coefficient (Wildman–Crippen LogP) is 3.23. The Kier molecular flexibility index (Phi) is 4.90. The number of halogens is 1. The van der Waals surface area contributed by atoms with Gasteiger partial charge in [0, 0.05) is 23.6 Å². The van der Waals surface area contributed by atoms with E-state index in [1.165, 1.54) is 0 Å². The van der Waals surface area contributed by atoms with E-state index in [4.69, 9.17) is 13.9 Å². The van der Waals surface area contributed by atoms with Crippen LogP contribution in [0.5, 0.6) is 5.75 Å². The second kappa shape index (κ2) is 6.49. The highest BCUT2D eigenvalue weighted by Crippen LogP contribution is 2.34. The standard InChI is InChI=1S/C15H18BrNO4/c1-9-10-7-11(16)13(19-4)8-12(10)21-14(9)15(18)20-6-5-17(2)3/h7-8H,5-6H2,1-4H3. The average Bonchev–Trinajstić information content (AvgIpc) is 2.74. The average molecular weight is 356 g/mol. The summed E-state index contributed by atoms with van der Waals surface area (Å²) < 4.78 is 16.9. The van der Waals surface area contributed by atoms with Crippen LogP contribution in [0, 0.1) is 6.92 Å². The van der Waals surface area contributed by atoms with Crippen molar-refractivity contribution in [2.45, 2.75) is 6.92 Å². The first kappa shape index (κ1) is 15.9. The van der Waals surface area contributed by atoms with Gasteiger partial charge in [0.05, 0.1) is 11.6 Å². The fourth-order valence-corrected chi connectivity index (χ4v) is 2.46. The fourth-order valence-electron chi connectivity index (χ4n) is 1.96. The van der Waals surface area contributed by atoms with Gasteiger partial charge in [0.25, 0.3) is 0 Å². The molecule has 21 heavy (non-hydrogen) atoms. The Labute approximate surface area is 131 Å². The number of hydrogen-bond donors (Lipinski definition) is 0. The molecule has 6 heteroatoms. The Balaban J connectivity index is 2.28. The molecule has 0 saturated carbocycles. The van der Waals surface area contributed by atoms with E-state index in [2.05, 4.69) is 15.9 Å². The summed E-state index contributed by atoms with van der Waals surface area (Å²) in [5.41, 5.74) is 1.37. The first-order valence-electron chi connectivity index (χ1n) is 6.52. The number of carbonyl (C=O) groups is 1. The van der Waals surface area contributed by atoms with Crippen molar-refractivity contribution in [3.63, 3.8) is 0 Å². The number of carbonyl (C=O) groups excluding carboxylic acids is 1. The second-order valence-electron chi connectivity index (χ2n) is 4.98. The van der Waals surface area contributed by atoms with E-state index in [0.29, 0.717) is 24.5 Å². The van der Waals surface area contributed by atoms with Crippen LogP contribution in [0.15, 0.2) is 21.0 Å². The molecule has 0 aliphatic carbocycles. The topological polar surface area (TPSA) is 51.9 Å². The Bertz CT molecular complexity index is 663. The molecule has 0 N–H and O–H groups in total. The van der Waals surface area contributed by atoms with Crippen LogP contribution in [0.4, 0.5) is 0 Å². The zero-order valence-electron chi connectivity index (χ0n) is 12.5. The summed E-state index contributed by atoms with van der Waals surface area (Å²) >= 11 is 3.43. The zero-order chi connectivity index (χ0) is 15.6. The van der Waals surface area contributed by atoms with Gasteiger partial charge < -0.3 is 18.8 Å². The molecule has 1 heterocycles. The summed E-state index contributed by atoms with van der Waals surface area (Å²) in [6, 6.07) is 3.63. The summed E-state index contributed by atoms with van der Waals surface area (Å²) in [7, 11) is 5.42. The second-order valence-corrected chi connectivity index (χ2v) is 5.83. The van der Waals surface area contributed by atoms with Crippen LogP contribution in [0.3, 0.4) is 0 Å². The molecule has 114 valence electrons. The summed E-state index contributed by atoms with van der Waals surface area (Å²) in [6.07, 6.45) is 0. The van der Waals surface area contributed by atoms with Gasteiger partial charge in [-0.25, -0.2) is 4.79 Å². The highest BCUT2D eigenvalue weighted by Gasteiger charge is 2.20. The van der Waals surface area contributed by atoms with Crippen molar-refractivity contribution in [3.05, 3.63) is 27.9 Å². The van der Waals surface area contributed by atoms with Crippen molar-refractivity contribution in [3.8, 4) is 5.75 Å². The molecule has 1 aromatic carbocycles. The lowest BCUT2D eigenvalue weighted by Crippen LogP contribution is -2.20. The van der Waals surface area contributed by atoms with Crippen molar-refractivity contribution in [1.82, 2.24) is 4.90 Å². The lowest BCUT2D eigenvalue weighted by molar-refractivity contribution is 0.0447. The van der Waals surface area contributed by atoms with Crippen LogP contribution >= 0.6 is 15.9 Å². The number of likely N-dealkylation sites (N-methyl/N-ethyl adjacent to an activating group) is 1. The molecule has 0 atom stereocenters. The van der Waals surface area contributed by atoms with Gasteiger partial charge in [0.15, 0.2) is 0 Å². The molecule has 0 bridgehead atoms. The Morgan fingerprint density at radius 1 is 1.38 bits per heavy atom. The first-order valence-corrected chi connectivity index (χ1v) is 7.31. The number of benzene rings is 1. The van der Waals surface area contributed by atoms with E-state index < -0.39 is 5.97 Å². The summed E-state index contributed by atoms with van der Waals surface area (Å²) in [5.74, 6) is 0.452. The van der Waals surface area contributed by atoms with E-state index in [9.17, 15) is 4.79 Å². The third-order valence-electron chi connectivity index (χ3n) is 3.17. The maximum Gasteiger partial charge on any atom is 0.374 e. The molecule has 0 aliphatic rings. The minimum Gasteiger partial charge on any atom is -0.495 e. The lowest BCUT2D eigenvalue weighted by Gasteiger charge is -2.09. The van der Waals surface area contributed by atoms with Crippen LogP contribution in [0.2, 0.25) is 0 Å². The quantitative estimate of drug-likeness (QED) is 0.770. The van der Waals surface area contributed by atoms with Crippen molar-refractivity contribution < 1.29 is 18.7 Å². The van der Waals surface area contributed by atoms with E-state index in [-0.39, 0.29) is 5.76 Å². The van der Waals surface area contributed by atoms with Gasteiger partial charge in [0.2, 0.25) is 5.76 Å². The van der Waals surface area contributed by atoms with Gasteiger partial charge in [-0.05, 0) is 43.0 Å². The first-order chi connectivity index (χ1) is 9.93. The lowest BCUT2D eigenvalue weighted by atomic mass is 10.1. The Morgan fingerprint density at radius 3 is 2.71 bits per heavy atom. The largest absolute Gasteiger partial charge is 0.495 e. The number of esters is 1. The van der Waals surface area contributed by atoms with Crippen molar-refractivity contribution in [1.29, 1.82) is 0 Å². The van der Waals surface area contributed by atoms with Crippen LogP contribution in [-0.4, -0.2) is 45.2 Å². The van der Waals surface area contributed by atoms with Crippen molar-refractivity contribution in [2.24, 2.45) is 0 Å². The molecule has 0 spiro atoms. The molecular weight excluding hydrogens is 338 g/mol. The minimum absolute atomic E-state index is 0.240.